The van der Waals surface area contributed by atoms with Crippen LogP contribution in [0.25, 0.3) is 0 Å². The highest BCUT2D eigenvalue weighted by Crippen LogP contribution is 2.15. The average molecular weight is 333 g/mol. The molecule has 0 unspecified atom stereocenters. The van der Waals surface area contributed by atoms with E-state index in [2.05, 4.69) is 5.32 Å². The number of carbonyl (C=O) groups is 2. The molecule has 0 atom stereocenters. The van der Waals surface area contributed by atoms with Gasteiger partial charge in [-0.15, -0.1) is 0 Å². The smallest absolute Gasteiger partial charge is 0.338 e. The zero-order chi connectivity index (χ0) is 17.4. The van der Waals surface area contributed by atoms with Crippen LogP contribution in [-0.2, 0) is 16.1 Å². The molecule has 7 heteroatoms. The minimum Gasteiger partial charge on any atom is -0.478 e. The normalized spacial score (nSPS) is 10.5. The van der Waals surface area contributed by atoms with Gasteiger partial charge in [0.15, 0.2) is 5.76 Å². The fourth-order valence-corrected chi connectivity index (χ4v) is 1.95. The monoisotopic (exact) mass is 333 g/mol. The minimum atomic E-state index is -1.15. The Bertz CT molecular complexity index is 694. The quantitative estimate of drug-likeness (QED) is 0.685. The second kappa shape index (κ2) is 8.85. The van der Waals surface area contributed by atoms with E-state index < -0.39 is 11.9 Å². The standard InChI is InChI=1S/C17H19NO6/c1-2-22-6-7-23-10-12-4-3-5-14(8-12)18-16(19)15-9-13(11-24-15)17(20)21/h3-5,8-9,11H,2,6-7,10H2,1H3,(H,18,19)(H,20,21). The Labute approximate surface area is 139 Å². The van der Waals surface area contributed by atoms with Crippen LogP contribution in [0.15, 0.2) is 41.0 Å². The molecule has 1 aromatic carbocycles. The lowest BCUT2D eigenvalue weighted by atomic mass is 10.2. The van der Waals surface area contributed by atoms with Crippen molar-refractivity contribution in [3.63, 3.8) is 0 Å². The van der Waals surface area contributed by atoms with Gasteiger partial charge in [-0.3, -0.25) is 4.79 Å². The van der Waals surface area contributed by atoms with Gasteiger partial charge >= 0.3 is 5.97 Å². The first-order chi connectivity index (χ1) is 11.6. The highest BCUT2D eigenvalue weighted by atomic mass is 16.5. The number of hydrogen-bond donors (Lipinski definition) is 2. The topological polar surface area (TPSA) is 98.0 Å². The van der Waals surface area contributed by atoms with Crippen LogP contribution in [-0.4, -0.2) is 36.8 Å². The van der Waals surface area contributed by atoms with Gasteiger partial charge in [0, 0.05) is 18.4 Å². The summed E-state index contributed by atoms with van der Waals surface area (Å²) < 4.78 is 15.6. The van der Waals surface area contributed by atoms with E-state index in [9.17, 15) is 9.59 Å². The number of rotatable bonds is 9. The molecule has 2 rings (SSSR count). The molecule has 2 aromatic rings. The highest BCUT2D eigenvalue weighted by molar-refractivity contribution is 6.03. The van der Waals surface area contributed by atoms with Crippen molar-refractivity contribution in [1.82, 2.24) is 0 Å². The fraction of sp³-hybridized carbons (Fsp3) is 0.294. The lowest BCUT2D eigenvalue weighted by molar-refractivity contribution is 0.0453. The number of benzene rings is 1. The molecule has 7 nitrogen and oxygen atoms in total. The van der Waals surface area contributed by atoms with E-state index in [0.717, 1.165) is 11.8 Å². The van der Waals surface area contributed by atoms with Crippen molar-refractivity contribution in [1.29, 1.82) is 0 Å². The van der Waals surface area contributed by atoms with Crippen molar-refractivity contribution in [2.75, 3.05) is 25.1 Å². The molecule has 0 fully saturated rings. The van der Waals surface area contributed by atoms with Gasteiger partial charge in [-0.25, -0.2) is 4.79 Å². The van der Waals surface area contributed by atoms with E-state index in [0.29, 0.717) is 32.1 Å². The van der Waals surface area contributed by atoms with Crippen LogP contribution in [0.3, 0.4) is 0 Å². The highest BCUT2D eigenvalue weighted by Gasteiger charge is 2.14. The van der Waals surface area contributed by atoms with Crippen molar-refractivity contribution in [2.24, 2.45) is 0 Å². The van der Waals surface area contributed by atoms with Gasteiger partial charge in [0.05, 0.1) is 25.4 Å². The molecule has 0 saturated heterocycles. The Kier molecular flexibility index (Phi) is 6.53. The van der Waals surface area contributed by atoms with Crippen LogP contribution in [0.1, 0.15) is 33.4 Å². The largest absolute Gasteiger partial charge is 0.478 e. The summed E-state index contributed by atoms with van der Waals surface area (Å²) in [4.78, 5) is 22.8. The first-order valence-electron chi connectivity index (χ1n) is 7.47. The molecule has 1 aromatic heterocycles. The third-order valence-electron chi connectivity index (χ3n) is 3.10. The molecular weight excluding hydrogens is 314 g/mol. The molecular formula is C17H19NO6. The van der Waals surface area contributed by atoms with E-state index in [1.54, 1.807) is 18.2 Å². The summed E-state index contributed by atoms with van der Waals surface area (Å²) in [5.74, 6) is -1.73. The van der Waals surface area contributed by atoms with E-state index in [1.165, 1.54) is 6.07 Å². The maximum absolute atomic E-state index is 12.0. The van der Waals surface area contributed by atoms with Crippen molar-refractivity contribution in [2.45, 2.75) is 13.5 Å². The molecule has 0 spiro atoms. The fourth-order valence-electron chi connectivity index (χ4n) is 1.95. The number of furan rings is 1. The van der Waals surface area contributed by atoms with Crippen molar-refractivity contribution < 1.29 is 28.6 Å². The SMILES string of the molecule is CCOCCOCc1cccc(NC(=O)c2cc(C(=O)O)co2)c1. The number of amides is 1. The zero-order valence-corrected chi connectivity index (χ0v) is 13.3. The maximum atomic E-state index is 12.0. The predicted octanol–water partition coefficient (Wildman–Crippen LogP) is 2.78. The minimum absolute atomic E-state index is 0.0641. The molecule has 24 heavy (non-hydrogen) atoms. The lowest BCUT2D eigenvalue weighted by Crippen LogP contribution is -2.11. The first kappa shape index (κ1) is 17.7. The summed E-state index contributed by atoms with van der Waals surface area (Å²) in [5, 5.41) is 11.5. The van der Waals surface area contributed by atoms with E-state index in [-0.39, 0.29) is 11.3 Å². The Morgan fingerprint density at radius 1 is 1.21 bits per heavy atom. The zero-order valence-electron chi connectivity index (χ0n) is 13.3. The van der Waals surface area contributed by atoms with Gasteiger partial charge in [-0.1, -0.05) is 12.1 Å². The molecule has 0 bridgehead atoms. The molecule has 0 aliphatic heterocycles. The number of carboxylic acids is 1. The first-order valence-corrected chi connectivity index (χ1v) is 7.47. The second-order valence-electron chi connectivity index (χ2n) is 4.91. The van der Waals surface area contributed by atoms with Crippen LogP contribution in [0.2, 0.25) is 0 Å². The van der Waals surface area contributed by atoms with Gasteiger partial charge < -0.3 is 24.3 Å². The number of anilines is 1. The number of carboxylic acid groups (broad SMARTS) is 1. The summed E-state index contributed by atoms with van der Waals surface area (Å²) in [7, 11) is 0. The van der Waals surface area contributed by atoms with Gasteiger partial charge in [0.25, 0.3) is 5.91 Å². The molecule has 0 aliphatic rings. The number of aromatic carboxylic acids is 1. The third-order valence-corrected chi connectivity index (χ3v) is 3.10. The van der Waals surface area contributed by atoms with E-state index in [1.807, 2.05) is 13.0 Å². The molecule has 2 N–H and O–H groups in total. The summed E-state index contributed by atoms with van der Waals surface area (Å²) in [5.41, 5.74) is 1.39. The van der Waals surface area contributed by atoms with Crippen LogP contribution in [0.4, 0.5) is 5.69 Å². The van der Waals surface area contributed by atoms with Crippen LogP contribution in [0.5, 0.6) is 0 Å². The van der Waals surface area contributed by atoms with Gasteiger partial charge in [-0.05, 0) is 24.6 Å². The molecule has 128 valence electrons. The Morgan fingerprint density at radius 2 is 2.00 bits per heavy atom. The second-order valence-corrected chi connectivity index (χ2v) is 4.91. The van der Waals surface area contributed by atoms with Crippen LogP contribution in [0, 0.1) is 0 Å². The number of nitrogens with one attached hydrogen (secondary N) is 1. The third kappa shape index (κ3) is 5.22. The van der Waals surface area contributed by atoms with E-state index >= 15 is 0 Å². The lowest BCUT2D eigenvalue weighted by Gasteiger charge is -2.07. The molecule has 1 amide bonds. The molecule has 0 saturated carbocycles. The number of hydrogen-bond acceptors (Lipinski definition) is 5. The maximum Gasteiger partial charge on any atom is 0.338 e. The van der Waals surface area contributed by atoms with E-state index in [4.69, 9.17) is 19.0 Å². The van der Waals surface area contributed by atoms with Crippen molar-refractivity contribution in [3.8, 4) is 0 Å². The predicted molar refractivity (Wildman–Crippen MR) is 86.2 cm³/mol. The van der Waals surface area contributed by atoms with Crippen molar-refractivity contribution in [3.05, 3.63) is 53.5 Å². The number of carbonyl (C=O) groups excluding carboxylic acids is 1. The summed E-state index contributed by atoms with van der Waals surface area (Å²) in [6, 6.07) is 8.36. The number of ether oxygens (including phenoxy) is 2. The Hall–Kier alpha value is -2.64. The summed E-state index contributed by atoms with van der Waals surface area (Å²) >= 11 is 0. The van der Waals surface area contributed by atoms with Gasteiger partial charge in [0.2, 0.25) is 0 Å². The summed E-state index contributed by atoms with van der Waals surface area (Å²) in [6.07, 6.45) is 1.03. The van der Waals surface area contributed by atoms with Gasteiger partial charge in [-0.2, -0.15) is 0 Å². The molecule has 0 radical (unpaired) electrons. The Morgan fingerprint density at radius 3 is 2.71 bits per heavy atom. The summed E-state index contributed by atoms with van der Waals surface area (Å²) in [6.45, 7) is 4.01. The van der Waals surface area contributed by atoms with Crippen LogP contribution >= 0.6 is 0 Å². The van der Waals surface area contributed by atoms with Crippen molar-refractivity contribution >= 4 is 17.6 Å². The average Bonchev–Trinajstić information content (AvgIpc) is 3.05. The molecule has 1 heterocycles. The van der Waals surface area contributed by atoms with Crippen LogP contribution < -0.4 is 5.32 Å². The molecule has 0 aliphatic carbocycles. The van der Waals surface area contributed by atoms with Gasteiger partial charge in [0.1, 0.15) is 6.26 Å². The Balaban J connectivity index is 1.90.